The summed E-state index contributed by atoms with van der Waals surface area (Å²) >= 11 is 0. The van der Waals surface area contributed by atoms with E-state index in [2.05, 4.69) is 4.90 Å². The van der Waals surface area contributed by atoms with Gasteiger partial charge in [-0.25, -0.2) is 4.39 Å². The Balaban J connectivity index is 1.58. The zero-order valence-electron chi connectivity index (χ0n) is 13.5. The number of β-amino-alcohol motifs (C(OH)–C–C–N with tert-alkyl or cyclic N) is 1. The Labute approximate surface area is 141 Å². The van der Waals surface area contributed by atoms with Gasteiger partial charge in [0.1, 0.15) is 29.5 Å². The number of halogens is 1. The van der Waals surface area contributed by atoms with E-state index >= 15 is 0 Å². The largest absolute Gasteiger partial charge is 0.508 e. The van der Waals surface area contributed by atoms with Gasteiger partial charge in [-0.2, -0.15) is 0 Å². The van der Waals surface area contributed by atoms with Crippen molar-refractivity contribution in [3.63, 3.8) is 0 Å². The molecule has 24 heavy (non-hydrogen) atoms. The minimum absolute atomic E-state index is 0.176. The molecule has 0 saturated carbocycles. The van der Waals surface area contributed by atoms with Gasteiger partial charge in [-0.15, -0.1) is 0 Å². The second-order valence-electron chi connectivity index (χ2n) is 6.45. The molecule has 0 aliphatic carbocycles. The number of aliphatic hydroxyl groups is 1. The summed E-state index contributed by atoms with van der Waals surface area (Å²) in [4.78, 5) is 2.16. The van der Waals surface area contributed by atoms with E-state index < -0.39 is 5.60 Å². The molecule has 0 radical (unpaired) electrons. The quantitative estimate of drug-likeness (QED) is 0.884. The lowest BCUT2D eigenvalue weighted by molar-refractivity contribution is -0.0621. The number of phenolic OH excluding ortho intramolecular Hbond substituents is 1. The van der Waals surface area contributed by atoms with Crippen LogP contribution in [0, 0.1) is 5.82 Å². The minimum Gasteiger partial charge on any atom is -0.508 e. The van der Waals surface area contributed by atoms with Gasteiger partial charge in [0, 0.05) is 13.1 Å². The number of rotatable bonds is 5. The molecule has 1 aliphatic heterocycles. The van der Waals surface area contributed by atoms with E-state index in [1.165, 1.54) is 12.1 Å². The number of phenols is 1. The van der Waals surface area contributed by atoms with Crippen molar-refractivity contribution in [1.29, 1.82) is 0 Å². The van der Waals surface area contributed by atoms with Crippen molar-refractivity contribution >= 4 is 0 Å². The Morgan fingerprint density at radius 3 is 2.71 bits per heavy atom. The lowest BCUT2D eigenvalue weighted by Crippen LogP contribution is -2.51. The fourth-order valence-corrected chi connectivity index (χ4v) is 3.12. The molecule has 0 spiro atoms. The molecule has 0 amide bonds. The first-order valence-corrected chi connectivity index (χ1v) is 8.13. The van der Waals surface area contributed by atoms with E-state index in [4.69, 9.17) is 4.74 Å². The van der Waals surface area contributed by atoms with Crippen molar-refractivity contribution in [1.82, 2.24) is 4.90 Å². The highest BCUT2D eigenvalue weighted by atomic mass is 19.1. The van der Waals surface area contributed by atoms with Crippen LogP contribution in [-0.4, -0.2) is 40.4 Å². The van der Waals surface area contributed by atoms with Gasteiger partial charge in [-0.1, -0.05) is 12.1 Å². The Kier molecular flexibility index (Phi) is 5.02. The number of likely N-dealkylation sites (tertiary alicyclic amines) is 1. The summed E-state index contributed by atoms with van der Waals surface area (Å²) in [6.45, 7) is 2.25. The normalized spacial score (nSPS) is 21.6. The highest BCUT2D eigenvalue weighted by molar-refractivity contribution is 5.27. The molecule has 4 nitrogen and oxygen atoms in total. The second kappa shape index (κ2) is 7.20. The Morgan fingerprint density at radius 1 is 1.17 bits per heavy atom. The SMILES string of the molecule is Oc1cccc(CN2CCCC(O)(COc3ccc(F)cc3)C2)c1. The average molecular weight is 331 g/mol. The smallest absolute Gasteiger partial charge is 0.123 e. The molecular weight excluding hydrogens is 309 g/mol. The molecule has 0 bridgehead atoms. The van der Waals surface area contributed by atoms with Gasteiger partial charge in [0.25, 0.3) is 0 Å². The number of hydrogen-bond donors (Lipinski definition) is 2. The number of ether oxygens (including phenoxy) is 1. The molecule has 2 aromatic rings. The van der Waals surface area contributed by atoms with Crippen molar-refractivity contribution in [3.8, 4) is 11.5 Å². The Bertz CT molecular complexity index is 677. The van der Waals surface area contributed by atoms with E-state index in [0.29, 0.717) is 25.3 Å². The third kappa shape index (κ3) is 4.46. The van der Waals surface area contributed by atoms with Gasteiger partial charge in [-0.05, 0) is 61.3 Å². The van der Waals surface area contributed by atoms with E-state index in [1.807, 2.05) is 12.1 Å². The van der Waals surface area contributed by atoms with Crippen LogP contribution in [0.25, 0.3) is 0 Å². The maximum Gasteiger partial charge on any atom is 0.123 e. The van der Waals surface area contributed by atoms with Gasteiger partial charge in [-0.3, -0.25) is 4.90 Å². The van der Waals surface area contributed by atoms with Crippen molar-refractivity contribution in [2.45, 2.75) is 25.0 Å². The molecule has 1 unspecified atom stereocenters. The molecule has 2 aromatic carbocycles. The predicted octanol–water partition coefficient (Wildman–Crippen LogP) is 2.94. The summed E-state index contributed by atoms with van der Waals surface area (Å²) in [5.74, 6) is 0.491. The second-order valence-corrected chi connectivity index (χ2v) is 6.45. The standard InChI is InChI=1S/C19H22FNO3/c20-16-5-7-18(8-6-16)24-14-19(23)9-2-10-21(13-19)12-15-3-1-4-17(22)11-15/h1,3-8,11,22-23H,2,9-10,12-14H2. The monoisotopic (exact) mass is 331 g/mol. The summed E-state index contributed by atoms with van der Waals surface area (Å²) in [7, 11) is 0. The topological polar surface area (TPSA) is 52.9 Å². The fourth-order valence-electron chi connectivity index (χ4n) is 3.12. The highest BCUT2D eigenvalue weighted by Crippen LogP contribution is 2.25. The maximum absolute atomic E-state index is 12.9. The summed E-state index contributed by atoms with van der Waals surface area (Å²) in [6.07, 6.45) is 1.55. The third-order valence-electron chi connectivity index (χ3n) is 4.27. The van der Waals surface area contributed by atoms with Crippen LogP contribution in [0.2, 0.25) is 0 Å². The molecule has 3 rings (SSSR count). The van der Waals surface area contributed by atoms with Crippen LogP contribution >= 0.6 is 0 Å². The van der Waals surface area contributed by atoms with E-state index in [1.54, 1.807) is 24.3 Å². The van der Waals surface area contributed by atoms with Crippen LogP contribution in [0.1, 0.15) is 18.4 Å². The van der Waals surface area contributed by atoms with Crippen LogP contribution in [0.5, 0.6) is 11.5 Å². The molecular formula is C19H22FNO3. The minimum atomic E-state index is -0.927. The van der Waals surface area contributed by atoms with Crippen LogP contribution in [0.15, 0.2) is 48.5 Å². The van der Waals surface area contributed by atoms with E-state index in [-0.39, 0.29) is 18.2 Å². The van der Waals surface area contributed by atoms with Crippen LogP contribution in [-0.2, 0) is 6.54 Å². The lowest BCUT2D eigenvalue weighted by atomic mass is 9.93. The summed E-state index contributed by atoms with van der Waals surface area (Å²) in [5.41, 5.74) is 0.0856. The number of hydrogen-bond acceptors (Lipinski definition) is 4. The maximum atomic E-state index is 12.9. The van der Waals surface area contributed by atoms with E-state index in [0.717, 1.165) is 18.5 Å². The van der Waals surface area contributed by atoms with E-state index in [9.17, 15) is 14.6 Å². The number of aromatic hydroxyl groups is 1. The molecule has 128 valence electrons. The number of piperidine rings is 1. The summed E-state index contributed by atoms with van der Waals surface area (Å²) < 4.78 is 18.6. The first-order valence-electron chi connectivity index (χ1n) is 8.13. The van der Waals surface area contributed by atoms with Gasteiger partial charge >= 0.3 is 0 Å². The molecule has 2 N–H and O–H groups in total. The fraction of sp³-hybridized carbons (Fsp3) is 0.368. The number of benzene rings is 2. The van der Waals surface area contributed by atoms with Gasteiger partial charge < -0.3 is 14.9 Å². The third-order valence-corrected chi connectivity index (χ3v) is 4.27. The Hall–Kier alpha value is -2.11. The van der Waals surface area contributed by atoms with Crippen molar-refractivity contribution in [2.24, 2.45) is 0 Å². The number of nitrogens with zero attached hydrogens (tertiary/aromatic N) is 1. The highest BCUT2D eigenvalue weighted by Gasteiger charge is 2.34. The first-order chi connectivity index (χ1) is 11.5. The van der Waals surface area contributed by atoms with Gasteiger partial charge in [0.15, 0.2) is 0 Å². The molecule has 1 saturated heterocycles. The Morgan fingerprint density at radius 2 is 1.96 bits per heavy atom. The summed E-state index contributed by atoms with van der Waals surface area (Å²) in [5, 5.41) is 20.4. The van der Waals surface area contributed by atoms with Gasteiger partial charge in [0.2, 0.25) is 0 Å². The molecule has 1 atom stereocenters. The van der Waals surface area contributed by atoms with Crippen molar-refractivity contribution < 1.29 is 19.3 Å². The zero-order chi connectivity index (χ0) is 17.0. The van der Waals surface area contributed by atoms with Crippen molar-refractivity contribution in [2.75, 3.05) is 19.7 Å². The summed E-state index contributed by atoms with van der Waals surface area (Å²) in [6, 6.07) is 13.0. The molecule has 1 heterocycles. The van der Waals surface area contributed by atoms with Crippen LogP contribution in [0.4, 0.5) is 4.39 Å². The lowest BCUT2D eigenvalue weighted by Gasteiger charge is -2.39. The average Bonchev–Trinajstić information content (AvgIpc) is 2.54. The van der Waals surface area contributed by atoms with Gasteiger partial charge in [0.05, 0.1) is 0 Å². The first kappa shape index (κ1) is 16.7. The van der Waals surface area contributed by atoms with Crippen LogP contribution < -0.4 is 4.74 Å². The molecule has 0 aromatic heterocycles. The molecule has 5 heteroatoms. The predicted molar refractivity (Wildman–Crippen MR) is 89.5 cm³/mol. The van der Waals surface area contributed by atoms with Crippen LogP contribution in [0.3, 0.4) is 0 Å². The molecule has 1 aliphatic rings. The molecule has 1 fully saturated rings. The zero-order valence-corrected chi connectivity index (χ0v) is 13.5. The van der Waals surface area contributed by atoms with Crippen molar-refractivity contribution in [3.05, 3.63) is 59.9 Å².